The summed E-state index contributed by atoms with van der Waals surface area (Å²) in [6.07, 6.45) is 4.59. The maximum atomic E-state index is 12.6. The first-order chi connectivity index (χ1) is 11.0. The van der Waals surface area contributed by atoms with Crippen LogP contribution >= 0.6 is 0 Å². The van der Waals surface area contributed by atoms with Crippen molar-refractivity contribution in [3.05, 3.63) is 53.9 Å². The van der Waals surface area contributed by atoms with E-state index in [0.717, 1.165) is 35.2 Å². The molecule has 120 valence electrons. The number of benzene rings is 1. The van der Waals surface area contributed by atoms with Gasteiger partial charge in [-0.1, -0.05) is 12.1 Å². The van der Waals surface area contributed by atoms with Crippen molar-refractivity contribution in [3.8, 4) is 11.1 Å². The number of hydrazine groups is 1. The van der Waals surface area contributed by atoms with Gasteiger partial charge in [0.1, 0.15) is 0 Å². The highest BCUT2D eigenvalue weighted by atomic mass is 16.2. The lowest BCUT2D eigenvalue weighted by Gasteiger charge is -2.20. The first-order valence-corrected chi connectivity index (χ1v) is 7.83. The van der Waals surface area contributed by atoms with Crippen LogP contribution in [0.3, 0.4) is 0 Å². The van der Waals surface area contributed by atoms with Crippen molar-refractivity contribution in [1.29, 1.82) is 0 Å². The largest absolute Gasteiger partial charge is 0.337 e. The number of likely N-dealkylation sites (tertiary alicyclic amines) is 1. The minimum Gasteiger partial charge on any atom is -0.337 e. The van der Waals surface area contributed by atoms with Crippen molar-refractivity contribution in [2.75, 3.05) is 20.1 Å². The van der Waals surface area contributed by atoms with Crippen LogP contribution in [0.15, 0.2) is 42.7 Å². The minimum atomic E-state index is 0.0725. The lowest BCUT2D eigenvalue weighted by Crippen LogP contribution is -2.40. The Labute approximate surface area is 136 Å². The van der Waals surface area contributed by atoms with Crippen molar-refractivity contribution in [1.82, 2.24) is 14.9 Å². The van der Waals surface area contributed by atoms with Crippen molar-refractivity contribution >= 4 is 5.91 Å². The molecule has 0 radical (unpaired) electrons. The van der Waals surface area contributed by atoms with E-state index in [1.54, 1.807) is 5.01 Å². The van der Waals surface area contributed by atoms with E-state index in [2.05, 4.69) is 11.1 Å². The molecular formula is C18H22N4O. The summed E-state index contributed by atoms with van der Waals surface area (Å²) in [6, 6.07) is 10.1. The summed E-state index contributed by atoms with van der Waals surface area (Å²) >= 11 is 0. The van der Waals surface area contributed by atoms with Gasteiger partial charge in [-0.3, -0.25) is 15.6 Å². The first-order valence-electron chi connectivity index (χ1n) is 7.83. The number of pyridine rings is 1. The highest BCUT2D eigenvalue weighted by Crippen LogP contribution is 2.21. The van der Waals surface area contributed by atoms with Crippen molar-refractivity contribution in [2.45, 2.75) is 19.4 Å². The number of rotatable bonds is 3. The number of amides is 1. The third-order valence-corrected chi connectivity index (χ3v) is 4.37. The van der Waals surface area contributed by atoms with Crippen LogP contribution in [-0.4, -0.2) is 47.0 Å². The van der Waals surface area contributed by atoms with Crippen LogP contribution in [0.2, 0.25) is 0 Å². The Kier molecular flexibility index (Phi) is 4.41. The van der Waals surface area contributed by atoms with Gasteiger partial charge in [0.15, 0.2) is 0 Å². The molecule has 1 aromatic carbocycles. The molecule has 1 fully saturated rings. The van der Waals surface area contributed by atoms with Crippen LogP contribution in [0.1, 0.15) is 22.3 Å². The van der Waals surface area contributed by atoms with Gasteiger partial charge in [0.2, 0.25) is 0 Å². The number of nitrogens with zero attached hydrogens (tertiary/aromatic N) is 3. The van der Waals surface area contributed by atoms with E-state index >= 15 is 0 Å². The number of aryl methyl sites for hydroxylation is 1. The molecule has 5 nitrogen and oxygen atoms in total. The lowest BCUT2D eigenvalue weighted by atomic mass is 10.0. The Morgan fingerprint density at radius 2 is 2.00 bits per heavy atom. The molecule has 0 saturated carbocycles. The molecule has 3 rings (SSSR count). The minimum absolute atomic E-state index is 0.0725. The molecule has 2 heterocycles. The summed E-state index contributed by atoms with van der Waals surface area (Å²) in [6.45, 7) is 3.47. The number of likely N-dealkylation sites (N-methyl/N-ethyl adjacent to an activating group) is 1. The van der Waals surface area contributed by atoms with Gasteiger partial charge in [-0.25, -0.2) is 5.01 Å². The molecule has 0 spiro atoms. The Hall–Kier alpha value is -2.24. The van der Waals surface area contributed by atoms with Crippen LogP contribution in [-0.2, 0) is 0 Å². The molecule has 2 aromatic rings. The van der Waals surface area contributed by atoms with Crippen LogP contribution in [0, 0.1) is 6.92 Å². The summed E-state index contributed by atoms with van der Waals surface area (Å²) in [5, 5.41) is 1.70. The van der Waals surface area contributed by atoms with Crippen LogP contribution in [0.25, 0.3) is 11.1 Å². The average molecular weight is 310 g/mol. The first kappa shape index (κ1) is 15.6. The molecule has 1 amide bonds. The molecule has 1 aliphatic heterocycles. The zero-order chi connectivity index (χ0) is 16.4. The fraction of sp³-hybridized carbons (Fsp3) is 0.333. The molecule has 1 atom stereocenters. The highest BCUT2D eigenvalue weighted by Gasteiger charge is 2.28. The Bertz CT molecular complexity index is 696. The maximum Gasteiger partial charge on any atom is 0.253 e. The second-order valence-corrected chi connectivity index (χ2v) is 6.19. The number of carbonyl (C=O) groups is 1. The number of carbonyl (C=O) groups excluding carboxylic acids is 1. The number of hydrogen-bond donors (Lipinski definition) is 1. The zero-order valence-electron chi connectivity index (χ0n) is 13.6. The van der Waals surface area contributed by atoms with Gasteiger partial charge in [-0.05, 0) is 42.7 Å². The van der Waals surface area contributed by atoms with E-state index in [4.69, 9.17) is 5.84 Å². The summed E-state index contributed by atoms with van der Waals surface area (Å²) in [5.74, 6) is 5.86. The predicted octanol–water partition coefficient (Wildman–Crippen LogP) is 2.08. The van der Waals surface area contributed by atoms with E-state index in [1.807, 2.05) is 55.5 Å². The van der Waals surface area contributed by atoms with Gasteiger partial charge in [0.05, 0.1) is 0 Å². The number of nitrogens with two attached hydrogens (primary N) is 1. The van der Waals surface area contributed by atoms with Gasteiger partial charge in [0, 0.05) is 49.7 Å². The van der Waals surface area contributed by atoms with Gasteiger partial charge in [-0.15, -0.1) is 0 Å². The van der Waals surface area contributed by atoms with E-state index in [-0.39, 0.29) is 11.9 Å². The molecular weight excluding hydrogens is 288 g/mol. The second-order valence-electron chi connectivity index (χ2n) is 6.19. The van der Waals surface area contributed by atoms with Crippen molar-refractivity contribution < 1.29 is 4.79 Å². The van der Waals surface area contributed by atoms with Gasteiger partial charge in [0.25, 0.3) is 5.91 Å². The number of aromatic nitrogens is 1. The predicted molar refractivity (Wildman–Crippen MR) is 90.7 cm³/mol. The van der Waals surface area contributed by atoms with Crippen LogP contribution in [0.4, 0.5) is 0 Å². The third kappa shape index (κ3) is 3.41. The van der Waals surface area contributed by atoms with E-state index in [1.165, 1.54) is 0 Å². The Balaban J connectivity index is 1.74. The molecule has 5 heteroatoms. The summed E-state index contributed by atoms with van der Waals surface area (Å²) in [5.41, 5.74) is 3.97. The molecule has 1 aromatic heterocycles. The Morgan fingerprint density at radius 3 is 2.61 bits per heavy atom. The molecule has 1 aliphatic rings. The smallest absolute Gasteiger partial charge is 0.253 e. The molecule has 1 saturated heterocycles. The second kappa shape index (κ2) is 6.48. The van der Waals surface area contributed by atoms with Crippen molar-refractivity contribution in [3.63, 3.8) is 0 Å². The molecule has 23 heavy (non-hydrogen) atoms. The molecule has 0 unspecified atom stereocenters. The van der Waals surface area contributed by atoms with E-state index in [0.29, 0.717) is 6.54 Å². The molecule has 0 bridgehead atoms. The topological polar surface area (TPSA) is 62.5 Å². The standard InChI is InChI=1S/C18H22N4O/c1-13-9-16(11-20-10-13)14-3-5-15(6-4-14)18(23)22-8-7-17(12-22)21(2)19/h3-6,9-11,17H,7-8,12,19H2,1-2H3/t17-/m0/s1. The molecule has 0 aliphatic carbocycles. The monoisotopic (exact) mass is 310 g/mol. The molecule has 2 N–H and O–H groups in total. The Morgan fingerprint density at radius 1 is 1.26 bits per heavy atom. The SMILES string of the molecule is Cc1cncc(-c2ccc(C(=O)N3CC[C@H](N(C)N)C3)cc2)c1. The summed E-state index contributed by atoms with van der Waals surface area (Å²) in [7, 11) is 1.85. The van der Waals surface area contributed by atoms with Gasteiger partial charge >= 0.3 is 0 Å². The van der Waals surface area contributed by atoms with Crippen LogP contribution in [0.5, 0.6) is 0 Å². The maximum absolute atomic E-state index is 12.6. The average Bonchev–Trinajstić information content (AvgIpc) is 3.04. The fourth-order valence-corrected chi connectivity index (χ4v) is 2.96. The third-order valence-electron chi connectivity index (χ3n) is 4.37. The summed E-state index contributed by atoms with van der Waals surface area (Å²) < 4.78 is 0. The van der Waals surface area contributed by atoms with E-state index < -0.39 is 0 Å². The van der Waals surface area contributed by atoms with Crippen molar-refractivity contribution in [2.24, 2.45) is 5.84 Å². The van der Waals surface area contributed by atoms with Gasteiger partial charge < -0.3 is 4.90 Å². The van der Waals surface area contributed by atoms with Crippen LogP contribution < -0.4 is 5.84 Å². The van der Waals surface area contributed by atoms with Gasteiger partial charge in [-0.2, -0.15) is 0 Å². The number of hydrogen-bond acceptors (Lipinski definition) is 4. The zero-order valence-corrected chi connectivity index (χ0v) is 13.6. The normalized spacial score (nSPS) is 17.7. The summed E-state index contributed by atoms with van der Waals surface area (Å²) in [4.78, 5) is 18.7. The fourth-order valence-electron chi connectivity index (χ4n) is 2.96. The van der Waals surface area contributed by atoms with E-state index in [9.17, 15) is 4.79 Å². The lowest BCUT2D eigenvalue weighted by molar-refractivity contribution is 0.0780. The highest BCUT2D eigenvalue weighted by molar-refractivity contribution is 5.95. The quantitative estimate of drug-likeness (QED) is 0.696.